The van der Waals surface area contributed by atoms with Gasteiger partial charge in [-0.25, -0.2) is 0 Å². The number of H-pyrrole nitrogens is 1. The first-order chi connectivity index (χ1) is 12.9. The molecule has 0 spiro atoms. The fraction of sp³-hybridized carbons (Fsp3) is 0. The summed E-state index contributed by atoms with van der Waals surface area (Å²) in [5, 5.41) is 4.74. The molecule has 0 saturated carbocycles. The van der Waals surface area contributed by atoms with Crippen molar-refractivity contribution in [2.75, 3.05) is 0 Å². The number of nitrogens with one attached hydrogen (secondary N) is 1. The van der Waals surface area contributed by atoms with Crippen LogP contribution in [0.15, 0.2) is 89.3 Å². The maximum atomic E-state index is 6.30. The first-order valence-electron chi connectivity index (χ1n) is 8.79. The van der Waals surface area contributed by atoms with E-state index in [9.17, 15) is 0 Å². The molecule has 0 amide bonds. The molecule has 0 fully saturated rings. The number of hydrogen-bond acceptors (Lipinski definition) is 1. The van der Waals surface area contributed by atoms with E-state index < -0.39 is 0 Å². The molecule has 1 N–H and O–H groups in total. The van der Waals surface area contributed by atoms with E-state index in [2.05, 4.69) is 65.6 Å². The summed E-state index contributed by atoms with van der Waals surface area (Å²) in [4.78, 5) is 3.59. The lowest BCUT2D eigenvalue weighted by Gasteiger charge is -2.05. The smallest absolute Gasteiger partial charge is 0.137 e. The molecular weight excluding hydrogens is 318 g/mol. The van der Waals surface area contributed by atoms with Crippen molar-refractivity contribution in [1.29, 1.82) is 0 Å². The van der Waals surface area contributed by atoms with Crippen LogP contribution in [0, 0.1) is 0 Å². The summed E-state index contributed by atoms with van der Waals surface area (Å²) < 4.78 is 6.30. The van der Waals surface area contributed by atoms with Gasteiger partial charge in [0.15, 0.2) is 0 Å². The Morgan fingerprint density at radius 3 is 2.27 bits per heavy atom. The largest absolute Gasteiger partial charge is 0.456 e. The van der Waals surface area contributed by atoms with E-state index in [4.69, 9.17) is 4.42 Å². The van der Waals surface area contributed by atoms with Crippen molar-refractivity contribution in [3.63, 3.8) is 0 Å². The molecule has 0 unspecified atom stereocenters. The molecule has 0 bridgehead atoms. The summed E-state index contributed by atoms with van der Waals surface area (Å²) in [5.74, 6) is 0. The van der Waals surface area contributed by atoms with Crippen molar-refractivity contribution in [2.24, 2.45) is 0 Å². The highest BCUT2D eigenvalue weighted by Crippen LogP contribution is 2.39. The third-order valence-corrected chi connectivity index (χ3v) is 5.19. The number of aromatic amines is 1. The Morgan fingerprint density at radius 1 is 0.538 bits per heavy atom. The van der Waals surface area contributed by atoms with E-state index in [1.165, 1.54) is 21.9 Å². The molecule has 0 radical (unpaired) electrons. The zero-order valence-corrected chi connectivity index (χ0v) is 14.0. The van der Waals surface area contributed by atoms with Gasteiger partial charge in [-0.3, -0.25) is 0 Å². The molecule has 2 heterocycles. The van der Waals surface area contributed by atoms with Gasteiger partial charge in [0.25, 0.3) is 0 Å². The van der Waals surface area contributed by atoms with Crippen LogP contribution in [0.3, 0.4) is 0 Å². The van der Waals surface area contributed by atoms with Gasteiger partial charge in [0.05, 0.1) is 10.9 Å². The van der Waals surface area contributed by atoms with E-state index in [1.807, 2.05) is 24.3 Å². The summed E-state index contributed by atoms with van der Waals surface area (Å²) in [6, 6.07) is 29.5. The van der Waals surface area contributed by atoms with Crippen LogP contribution in [0.2, 0.25) is 0 Å². The molecule has 2 nitrogen and oxygen atoms in total. The van der Waals surface area contributed by atoms with Gasteiger partial charge in [-0.1, -0.05) is 54.6 Å². The summed E-state index contributed by atoms with van der Waals surface area (Å²) in [5.41, 5.74) is 6.49. The Hall–Kier alpha value is -3.52. The maximum Gasteiger partial charge on any atom is 0.137 e. The van der Waals surface area contributed by atoms with Crippen LogP contribution in [0.5, 0.6) is 0 Å². The number of para-hydroxylation sites is 1. The van der Waals surface area contributed by atoms with Crippen molar-refractivity contribution in [3.05, 3.63) is 84.9 Å². The number of hydrogen-bond donors (Lipinski definition) is 1. The molecule has 6 rings (SSSR count). The molecule has 2 heteroatoms. The SMILES string of the molecule is c1ccc(-c2cc3[nH]c4cccc5oc6ccccc6c(c2)c3c45)cc1. The number of fused-ring (bicyclic) bond motifs is 2. The van der Waals surface area contributed by atoms with Crippen molar-refractivity contribution >= 4 is 43.7 Å². The number of benzene rings is 4. The van der Waals surface area contributed by atoms with Crippen LogP contribution in [-0.4, -0.2) is 4.98 Å². The van der Waals surface area contributed by atoms with Crippen molar-refractivity contribution in [1.82, 2.24) is 4.98 Å². The van der Waals surface area contributed by atoms with Gasteiger partial charge in [0.1, 0.15) is 11.2 Å². The molecule has 122 valence electrons. The van der Waals surface area contributed by atoms with Gasteiger partial charge < -0.3 is 9.40 Å². The molecule has 6 aromatic rings. The Morgan fingerprint density at radius 2 is 1.35 bits per heavy atom. The average molecular weight is 333 g/mol. The molecular formula is C24H15NO. The standard InChI is InChI=1S/C24H15NO/c1-2-7-15(8-3-1)16-13-18-17-9-4-5-11-21(17)26-22-12-6-10-19-24(22)23(18)20(14-16)25-19/h1-14,25H. The zero-order chi connectivity index (χ0) is 17.1. The molecule has 0 aliphatic heterocycles. The van der Waals surface area contributed by atoms with Crippen molar-refractivity contribution < 1.29 is 4.42 Å². The summed E-state index contributed by atoms with van der Waals surface area (Å²) in [6.07, 6.45) is 0. The van der Waals surface area contributed by atoms with Crippen LogP contribution in [0.1, 0.15) is 0 Å². The Labute approximate surface area is 149 Å². The summed E-state index contributed by atoms with van der Waals surface area (Å²) in [6.45, 7) is 0. The highest BCUT2D eigenvalue weighted by Gasteiger charge is 2.15. The van der Waals surface area contributed by atoms with Crippen molar-refractivity contribution in [2.45, 2.75) is 0 Å². The lowest BCUT2D eigenvalue weighted by atomic mass is 9.98. The van der Waals surface area contributed by atoms with E-state index in [0.717, 1.165) is 33.0 Å². The number of aromatic nitrogens is 1. The Kier molecular flexibility index (Phi) is 2.64. The highest BCUT2D eigenvalue weighted by atomic mass is 16.3. The van der Waals surface area contributed by atoms with Gasteiger partial charge in [0, 0.05) is 16.3 Å². The lowest BCUT2D eigenvalue weighted by Crippen LogP contribution is -1.80. The molecule has 0 atom stereocenters. The van der Waals surface area contributed by atoms with Gasteiger partial charge in [-0.15, -0.1) is 0 Å². The van der Waals surface area contributed by atoms with E-state index in [1.54, 1.807) is 0 Å². The normalized spacial score (nSPS) is 11.8. The fourth-order valence-electron chi connectivity index (χ4n) is 4.04. The van der Waals surface area contributed by atoms with E-state index in [-0.39, 0.29) is 0 Å². The number of rotatable bonds is 1. The Balaban J connectivity index is 1.92. The second-order valence-electron chi connectivity index (χ2n) is 6.71. The van der Waals surface area contributed by atoms with Crippen LogP contribution in [0.4, 0.5) is 0 Å². The molecule has 0 saturated heterocycles. The molecule has 0 aliphatic rings. The lowest BCUT2D eigenvalue weighted by molar-refractivity contribution is 0.664. The molecule has 2 aromatic heterocycles. The summed E-state index contributed by atoms with van der Waals surface area (Å²) in [7, 11) is 0. The van der Waals surface area contributed by atoms with Gasteiger partial charge in [-0.05, 0) is 46.8 Å². The second kappa shape index (κ2) is 4.99. The first kappa shape index (κ1) is 13.7. The predicted molar refractivity (Wildman–Crippen MR) is 109 cm³/mol. The quantitative estimate of drug-likeness (QED) is 0.349. The van der Waals surface area contributed by atoms with Crippen LogP contribution in [-0.2, 0) is 0 Å². The predicted octanol–water partition coefficient (Wildman–Crippen LogP) is 6.89. The minimum atomic E-state index is 0.905. The minimum Gasteiger partial charge on any atom is -0.456 e. The monoisotopic (exact) mass is 333 g/mol. The fourth-order valence-corrected chi connectivity index (χ4v) is 4.04. The third-order valence-electron chi connectivity index (χ3n) is 5.19. The highest BCUT2D eigenvalue weighted by molar-refractivity contribution is 6.26. The maximum absolute atomic E-state index is 6.30. The van der Waals surface area contributed by atoms with E-state index in [0.29, 0.717) is 0 Å². The molecule has 4 aromatic carbocycles. The topological polar surface area (TPSA) is 28.9 Å². The van der Waals surface area contributed by atoms with Gasteiger partial charge >= 0.3 is 0 Å². The second-order valence-corrected chi connectivity index (χ2v) is 6.71. The van der Waals surface area contributed by atoms with Gasteiger partial charge in [0.2, 0.25) is 0 Å². The molecule has 0 aliphatic carbocycles. The van der Waals surface area contributed by atoms with Crippen LogP contribution >= 0.6 is 0 Å². The minimum absolute atomic E-state index is 0.905. The first-order valence-corrected chi connectivity index (χ1v) is 8.79. The van der Waals surface area contributed by atoms with Crippen molar-refractivity contribution in [3.8, 4) is 11.1 Å². The Bertz CT molecular complexity index is 1420. The molecule has 26 heavy (non-hydrogen) atoms. The average Bonchev–Trinajstić information content (AvgIpc) is 3.00. The van der Waals surface area contributed by atoms with Crippen LogP contribution < -0.4 is 0 Å². The third kappa shape index (κ3) is 1.81. The van der Waals surface area contributed by atoms with E-state index >= 15 is 0 Å². The van der Waals surface area contributed by atoms with Crippen LogP contribution in [0.25, 0.3) is 54.9 Å². The van der Waals surface area contributed by atoms with Gasteiger partial charge in [-0.2, -0.15) is 0 Å². The summed E-state index contributed by atoms with van der Waals surface area (Å²) >= 11 is 0. The zero-order valence-electron chi connectivity index (χ0n) is 14.0.